The molecule has 0 bridgehead atoms. The summed E-state index contributed by atoms with van der Waals surface area (Å²) in [6, 6.07) is 5.80. The van der Waals surface area contributed by atoms with Crippen LogP contribution in [0.25, 0.3) is 0 Å². The molecule has 0 aromatic carbocycles. The number of pyridine rings is 1. The van der Waals surface area contributed by atoms with Crippen molar-refractivity contribution in [3.8, 4) is 6.07 Å². The van der Waals surface area contributed by atoms with Crippen molar-refractivity contribution in [2.45, 2.75) is 19.6 Å². The fourth-order valence-corrected chi connectivity index (χ4v) is 1.38. The second-order valence-corrected chi connectivity index (χ2v) is 3.69. The van der Waals surface area contributed by atoms with E-state index in [0.717, 1.165) is 12.1 Å². The Kier molecular flexibility index (Phi) is 5.94. The molecule has 0 aliphatic carbocycles. The zero-order valence-electron chi connectivity index (χ0n) is 10.0. The maximum Gasteiger partial charge on any atom is 0.144 e. The first-order valence-electron chi connectivity index (χ1n) is 5.55. The summed E-state index contributed by atoms with van der Waals surface area (Å²) in [6.07, 6.45) is 3.47. The Morgan fingerprint density at radius 3 is 3.24 bits per heavy atom. The van der Waals surface area contributed by atoms with Crippen molar-refractivity contribution in [3.05, 3.63) is 42.2 Å². The molecule has 4 heteroatoms. The van der Waals surface area contributed by atoms with Crippen molar-refractivity contribution in [2.24, 2.45) is 0 Å². The van der Waals surface area contributed by atoms with Crippen molar-refractivity contribution >= 4 is 0 Å². The van der Waals surface area contributed by atoms with E-state index < -0.39 is 0 Å². The van der Waals surface area contributed by atoms with E-state index in [0.29, 0.717) is 18.8 Å². The summed E-state index contributed by atoms with van der Waals surface area (Å²) in [5, 5.41) is 12.1. The molecule has 0 aliphatic rings. The average molecular weight is 231 g/mol. The van der Waals surface area contributed by atoms with Gasteiger partial charge in [0.2, 0.25) is 0 Å². The van der Waals surface area contributed by atoms with Gasteiger partial charge in [-0.3, -0.25) is 0 Å². The predicted octanol–water partition coefficient (Wildman–Crippen LogP) is 1.63. The standard InChI is InChI=1S/C13H17N3O/c1-3-7-17-11(2)9-15-10-12-5-4-6-16-13(12)8-14/h3-6,11,15H,1,7,9-10H2,2H3. The van der Waals surface area contributed by atoms with Gasteiger partial charge in [-0.05, 0) is 13.0 Å². The van der Waals surface area contributed by atoms with Crippen LogP contribution in [0.2, 0.25) is 0 Å². The van der Waals surface area contributed by atoms with E-state index in [1.807, 2.05) is 19.1 Å². The summed E-state index contributed by atoms with van der Waals surface area (Å²) in [4.78, 5) is 4.00. The van der Waals surface area contributed by atoms with Crippen molar-refractivity contribution in [1.82, 2.24) is 10.3 Å². The number of nitrogens with zero attached hydrogens (tertiary/aromatic N) is 2. The van der Waals surface area contributed by atoms with E-state index in [9.17, 15) is 0 Å². The van der Waals surface area contributed by atoms with Gasteiger partial charge in [0.05, 0.1) is 12.7 Å². The smallest absolute Gasteiger partial charge is 0.144 e. The molecule has 1 unspecified atom stereocenters. The van der Waals surface area contributed by atoms with Crippen LogP contribution in [-0.2, 0) is 11.3 Å². The van der Waals surface area contributed by atoms with Gasteiger partial charge >= 0.3 is 0 Å². The Morgan fingerprint density at radius 2 is 2.53 bits per heavy atom. The molecule has 0 spiro atoms. The van der Waals surface area contributed by atoms with Crippen LogP contribution in [0.3, 0.4) is 0 Å². The van der Waals surface area contributed by atoms with Crippen LogP contribution < -0.4 is 5.32 Å². The van der Waals surface area contributed by atoms with Gasteiger partial charge in [-0.25, -0.2) is 4.98 Å². The van der Waals surface area contributed by atoms with Crippen molar-refractivity contribution in [1.29, 1.82) is 5.26 Å². The molecule has 0 saturated carbocycles. The highest BCUT2D eigenvalue weighted by Crippen LogP contribution is 2.03. The zero-order valence-corrected chi connectivity index (χ0v) is 10.0. The van der Waals surface area contributed by atoms with Crippen molar-refractivity contribution in [2.75, 3.05) is 13.2 Å². The number of nitrogens with one attached hydrogen (secondary N) is 1. The molecule has 1 heterocycles. The molecular weight excluding hydrogens is 214 g/mol. The molecule has 1 atom stereocenters. The third-order valence-corrected chi connectivity index (χ3v) is 2.24. The number of aromatic nitrogens is 1. The van der Waals surface area contributed by atoms with Crippen LogP contribution in [0, 0.1) is 11.3 Å². The number of hydrogen-bond acceptors (Lipinski definition) is 4. The monoisotopic (exact) mass is 231 g/mol. The summed E-state index contributed by atoms with van der Waals surface area (Å²) < 4.78 is 5.42. The van der Waals surface area contributed by atoms with Crippen LogP contribution in [0.4, 0.5) is 0 Å². The topological polar surface area (TPSA) is 57.9 Å². The molecular formula is C13H17N3O. The van der Waals surface area contributed by atoms with E-state index in [1.165, 1.54) is 0 Å². The first-order chi connectivity index (χ1) is 8.27. The minimum Gasteiger partial charge on any atom is -0.373 e. The van der Waals surface area contributed by atoms with Crippen molar-refractivity contribution < 1.29 is 4.74 Å². The van der Waals surface area contributed by atoms with E-state index in [-0.39, 0.29) is 6.10 Å². The molecule has 1 rings (SSSR count). The Labute approximate surface area is 102 Å². The SMILES string of the molecule is C=CCOC(C)CNCc1cccnc1C#N. The highest BCUT2D eigenvalue weighted by molar-refractivity contribution is 5.30. The van der Waals surface area contributed by atoms with Gasteiger partial charge in [0, 0.05) is 24.8 Å². The van der Waals surface area contributed by atoms with E-state index >= 15 is 0 Å². The molecule has 17 heavy (non-hydrogen) atoms. The maximum absolute atomic E-state index is 8.87. The summed E-state index contributed by atoms with van der Waals surface area (Å²) in [6.45, 7) is 7.49. The van der Waals surface area contributed by atoms with Gasteiger partial charge in [0.1, 0.15) is 11.8 Å². The Hall–Kier alpha value is -1.70. The Bertz CT molecular complexity index is 398. The second-order valence-electron chi connectivity index (χ2n) is 3.69. The third kappa shape index (κ3) is 4.77. The molecule has 90 valence electrons. The summed E-state index contributed by atoms with van der Waals surface area (Å²) in [5.74, 6) is 0. The van der Waals surface area contributed by atoms with Crippen LogP contribution in [-0.4, -0.2) is 24.2 Å². The number of rotatable bonds is 7. The summed E-state index contributed by atoms with van der Waals surface area (Å²) in [5.41, 5.74) is 1.38. The molecule has 4 nitrogen and oxygen atoms in total. The lowest BCUT2D eigenvalue weighted by molar-refractivity contribution is 0.0877. The van der Waals surface area contributed by atoms with Gasteiger partial charge in [-0.15, -0.1) is 6.58 Å². The third-order valence-electron chi connectivity index (χ3n) is 2.24. The molecule has 0 radical (unpaired) electrons. The molecule has 1 N–H and O–H groups in total. The van der Waals surface area contributed by atoms with Crippen LogP contribution in [0.5, 0.6) is 0 Å². The lowest BCUT2D eigenvalue weighted by Gasteiger charge is -2.12. The quantitative estimate of drug-likeness (QED) is 0.725. The fourth-order valence-electron chi connectivity index (χ4n) is 1.38. The van der Waals surface area contributed by atoms with Crippen molar-refractivity contribution in [3.63, 3.8) is 0 Å². The van der Waals surface area contributed by atoms with E-state index in [2.05, 4.69) is 22.9 Å². The second kappa shape index (κ2) is 7.55. The van der Waals surface area contributed by atoms with Crippen LogP contribution in [0.15, 0.2) is 31.0 Å². The fraction of sp³-hybridized carbons (Fsp3) is 0.385. The Morgan fingerprint density at radius 1 is 1.71 bits per heavy atom. The highest BCUT2D eigenvalue weighted by atomic mass is 16.5. The maximum atomic E-state index is 8.87. The first-order valence-corrected chi connectivity index (χ1v) is 5.55. The molecule has 0 saturated heterocycles. The lowest BCUT2D eigenvalue weighted by atomic mass is 10.2. The normalized spacial score (nSPS) is 11.8. The van der Waals surface area contributed by atoms with E-state index in [4.69, 9.17) is 10.00 Å². The average Bonchev–Trinajstić information content (AvgIpc) is 2.37. The van der Waals surface area contributed by atoms with Crippen LogP contribution in [0.1, 0.15) is 18.2 Å². The molecule has 0 fully saturated rings. The molecule has 1 aromatic rings. The molecule has 0 amide bonds. The largest absolute Gasteiger partial charge is 0.373 e. The minimum absolute atomic E-state index is 0.121. The number of ether oxygens (including phenoxy) is 1. The van der Waals surface area contributed by atoms with Gasteiger partial charge in [0.25, 0.3) is 0 Å². The zero-order chi connectivity index (χ0) is 12.5. The predicted molar refractivity (Wildman–Crippen MR) is 66.3 cm³/mol. The van der Waals surface area contributed by atoms with Gasteiger partial charge in [-0.1, -0.05) is 12.1 Å². The van der Waals surface area contributed by atoms with Gasteiger partial charge < -0.3 is 10.1 Å². The molecule has 1 aromatic heterocycles. The van der Waals surface area contributed by atoms with E-state index in [1.54, 1.807) is 12.3 Å². The minimum atomic E-state index is 0.121. The van der Waals surface area contributed by atoms with Gasteiger partial charge in [-0.2, -0.15) is 5.26 Å². The van der Waals surface area contributed by atoms with Gasteiger partial charge in [0.15, 0.2) is 0 Å². The summed E-state index contributed by atoms with van der Waals surface area (Å²) >= 11 is 0. The Balaban J connectivity index is 2.36. The van der Waals surface area contributed by atoms with Crippen LogP contribution >= 0.6 is 0 Å². The lowest BCUT2D eigenvalue weighted by Crippen LogP contribution is -2.26. The highest BCUT2D eigenvalue weighted by Gasteiger charge is 2.03. The molecule has 0 aliphatic heterocycles. The number of nitriles is 1. The summed E-state index contributed by atoms with van der Waals surface area (Å²) in [7, 11) is 0. The first kappa shape index (κ1) is 13.4. The number of hydrogen-bond donors (Lipinski definition) is 1.